The second-order valence-corrected chi connectivity index (χ2v) is 9.01. The van der Waals surface area contributed by atoms with E-state index in [0.717, 1.165) is 9.37 Å². The molecule has 33 heavy (non-hydrogen) atoms. The first-order chi connectivity index (χ1) is 15.7. The topological polar surface area (TPSA) is 78.5 Å². The minimum atomic E-state index is -0.639. The summed E-state index contributed by atoms with van der Waals surface area (Å²) in [5, 5.41) is 6.03. The summed E-state index contributed by atoms with van der Waals surface area (Å²) in [5.74, 6) is -1.64. The van der Waals surface area contributed by atoms with Crippen LogP contribution in [-0.2, 0) is 9.59 Å². The number of halogens is 4. The number of carbonyl (C=O) groups excluding carboxylic acids is 3. The monoisotopic (exact) mass is 563 g/mol. The molecule has 0 aliphatic carbocycles. The van der Waals surface area contributed by atoms with E-state index in [-0.39, 0.29) is 10.7 Å². The average Bonchev–Trinajstić information content (AvgIpc) is 3.00. The van der Waals surface area contributed by atoms with Crippen molar-refractivity contribution < 1.29 is 14.4 Å². The molecule has 1 aliphatic heterocycles. The van der Waals surface area contributed by atoms with Crippen LogP contribution in [0, 0.1) is 0 Å². The summed E-state index contributed by atoms with van der Waals surface area (Å²) in [7, 11) is 0. The average molecular weight is 566 g/mol. The summed E-state index contributed by atoms with van der Waals surface area (Å²) >= 11 is 21.4. The maximum atomic E-state index is 12.9. The molecular weight excluding hydrogens is 553 g/mol. The van der Waals surface area contributed by atoms with E-state index >= 15 is 0 Å². The molecule has 0 aromatic heterocycles. The van der Waals surface area contributed by atoms with Crippen LogP contribution in [0.4, 0.5) is 17.1 Å². The second-order valence-electron chi connectivity index (χ2n) is 6.90. The van der Waals surface area contributed by atoms with Gasteiger partial charge in [-0.25, -0.2) is 4.90 Å². The number of imide groups is 1. The van der Waals surface area contributed by atoms with Crippen LogP contribution in [0.2, 0.25) is 10.0 Å². The van der Waals surface area contributed by atoms with Crippen molar-refractivity contribution in [3.05, 3.63) is 97.5 Å². The van der Waals surface area contributed by atoms with Crippen molar-refractivity contribution >= 4 is 85.5 Å². The molecule has 0 saturated carbocycles. The minimum Gasteiger partial charge on any atom is -0.350 e. The lowest BCUT2D eigenvalue weighted by atomic mass is 10.1. The van der Waals surface area contributed by atoms with Crippen LogP contribution >= 0.6 is 50.7 Å². The molecule has 1 heterocycles. The molecule has 6 nitrogen and oxygen atoms in total. The minimum absolute atomic E-state index is 0.0772. The van der Waals surface area contributed by atoms with Crippen molar-refractivity contribution in [2.45, 2.75) is 0 Å². The van der Waals surface area contributed by atoms with E-state index in [1.807, 2.05) is 0 Å². The third-order valence-corrected chi connectivity index (χ3v) is 6.30. The summed E-state index contributed by atoms with van der Waals surface area (Å²) in [4.78, 5) is 39.2. The fraction of sp³-hybridized carbons (Fsp3) is 0. The standard InChI is InChI=1S/C23H13BrCl3N3O3/c24-13-4-7-16(8-5-13)30-22(32)19(27)20(23(30)33)28-14-3-1-2-12(10-14)21(31)29-15-6-9-17(25)18(26)11-15/h1-11,28H,(H,29,31). The first-order valence-electron chi connectivity index (χ1n) is 9.42. The van der Waals surface area contributed by atoms with Gasteiger partial charge >= 0.3 is 0 Å². The van der Waals surface area contributed by atoms with Crippen LogP contribution < -0.4 is 15.5 Å². The van der Waals surface area contributed by atoms with Gasteiger partial charge in [-0.05, 0) is 60.7 Å². The predicted molar refractivity (Wildman–Crippen MR) is 134 cm³/mol. The van der Waals surface area contributed by atoms with Crippen molar-refractivity contribution in [2.24, 2.45) is 0 Å². The van der Waals surface area contributed by atoms with Gasteiger partial charge in [0.05, 0.1) is 15.7 Å². The Hall–Kier alpha value is -2.84. The molecule has 4 rings (SSSR count). The highest BCUT2D eigenvalue weighted by molar-refractivity contribution is 9.10. The third kappa shape index (κ3) is 4.91. The summed E-state index contributed by atoms with van der Waals surface area (Å²) in [6.07, 6.45) is 0. The second kappa shape index (κ2) is 9.57. The zero-order valence-electron chi connectivity index (χ0n) is 16.5. The van der Waals surface area contributed by atoms with Gasteiger partial charge in [-0.15, -0.1) is 0 Å². The Morgan fingerprint density at radius 2 is 1.55 bits per heavy atom. The summed E-state index contributed by atoms with van der Waals surface area (Å²) in [6, 6.07) is 17.8. The van der Waals surface area contributed by atoms with Crippen molar-refractivity contribution in [1.29, 1.82) is 0 Å². The zero-order valence-corrected chi connectivity index (χ0v) is 20.4. The van der Waals surface area contributed by atoms with Gasteiger partial charge in [-0.3, -0.25) is 14.4 Å². The lowest BCUT2D eigenvalue weighted by molar-refractivity contribution is -0.120. The molecule has 1 aliphatic rings. The largest absolute Gasteiger partial charge is 0.350 e. The third-order valence-electron chi connectivity index (χ3n) is 4.68. The van der Waals surface area contributed by atoms with Gasteiger partial charge in [0.2, 0.25) is 0 Å². The van der Waals surface area contributed by atoms with E-state index in [4.69, 9.17) is 34.8 Å². The molecule has 0 fully saturated rings. The molecule has 3 amide bonds. The van der Waals surface area contributed by atoms with E-state index in [0.29, 0.717) is 32.7 Å². The molecule has 10 heteroatoms. The van der Waals surface area contributed by atoms with Crippen LogP contribution in [-0.4, -0.2) is 17.7 Å². The van der Waals surface area contributed by atoms with Gasteiger partial charge in [0.25, 0.3) is 17.7 Å². The summed E-state index contributed by atoms with van der Waals surface area (Å²) < 4.78 is 0.804. The quantitative estimate of drug-likeness (QED) is 0.349. The maximum Gasteiger partial charge on any atom is 0.283 e. The molecule has 0 atom stereocenters. The molecule has 0 bridgehead atoms. The number of amides is 3. The Balaban J connectivity index is 1.53. The van der Waals surface area contributed by atoms with Gasteiger partial charge in [-0.1, -0.05) is 56.8 Å². The van der Waals surface area contributed by atoms with Crippen molar-refractivity contribution in [2.75, 3.05) is 15.5 Å². The van der Waals surface area contributed by atoms with Crippen molar-refractivity contribution in [3.63, 3.8) is 0 Å². The Bertz CT molecular complexity index is 1330. The smallest absolute Gasteiger partial charge is 0.283 e. The molecule has 166 valence electrons. The molecule has 0 radical (unpaired) electrons. The van der Waals surface area contributed by atoms with Crippen LogP contribution in [0.25, 0.3) is 0 Å². The Kier molecular flexibility index (Phi) is 6.76. The Morgan fingerprint density at radius 3 is 2.24 bits per heavy atom. The molecule has 3 aromatic rings. The molecule has 0 unspecified atom stereocenters. The van der Waals surface area contributed by atoms with Crippen LogP contribution in [0.15, 0.2) is 81.9 Å². The lowest BCUT2D eigenvalue weighted by Gasteiger charge is -2.15. The highest BCUT2D eigenvalue weighted by atomic mass is 79.9. The van der Waals surface area contributed by atoms with Crippen LogP contribution in [0.3, 0.4) is 0 Å². The van der Waals surface area contributed by atoms with Crippen molar-refractivity contribution in [1.82, 2.24) is 0 Å². The van der Waals surface area contributed by atoms with E-state index in [1.54, 1.807) is 54.6 Å². The van der Waals surface area contributed by atoms with Gasteiger partial charge in [-0.2, -0.15) is 0 Å². The predicted octanol–water partition coefficient (Wildman–Crippen LogP) is 6.44. The Morgan fingerprint density at radius 1 is 0.818 bits per heavy atom. The lowest BCUT2D eigenvalue weighted by Crippen LogP contribution is -2.32. The van der Waals surface area contributed by atoms with Crippen molar-refractivity contribution in [3.8, 4) is 0 Å². The number of rotatable bonds is 5. The number of benzene rings is 3. The zero-order chi connectivity index (χ0) is 23.7. The van der Waals surface area contributed by atoms with E-state index in [1.165, 1.54) is 12.1 Å². The van der Waals surface area contributed by atoms with Gasteiger partial charge in [0.1, 0.15) is 10.7 Å². The normalized spacial score (nSPS) is 13.5. The fourth-order valence-electron chi connectivity index (χ4n) is 3.10. The first-order valence-corrected chi connectivity index (χ1v) is 11.3. The molecular formula is C23H13BrCl3N3O3. The number of carbonyl (C=O) groups is 3. The highest BCUT2D eigenvalue weighted by Crippen LogP contribution is 2.31. The maximum absolute atomic E-state index is 12.9. The number of nitrogens with one attached hydrogen (secondary N) is 2. The van der Waals surface area contributed by atoms with Crippen LogP contribution in [0.5, 0.6) is 0 Å². The van der Waals surface area contributed by atoms with E-state index in [2.05, 4.69) is 26.6 Å². The number of nitrogens with zero attached hydrogens (tertiary/aromatic N) is 1. The highest BCUT2D eigenvalue weighted by Gasteiger charge is 2.38. The van der Waals surface area contributed by atoms with Gasteiger partial charge < -0.3 is 10.6 Å². The molecule has 2 N–H and O–H groups in total. The van der Waals surface area contributed by atoms with Gasteiger partial charge in [0, 0.05) is 21.4 Å². The summed E-state index contributed by atoms with van der Waals surface area (Å²) in [6.45, 7) is 0. The first kappa shape index (κ1) is 23.3. The SMILES string of the molecule is O=C(Nc1ccc(Cl)c(Cl)c1)c1cccc(NC2=C(Cl)C(=O)N(c3ccc(Br)cc3)C2=O)c1. The number of hydrogen-bond acceptors (Lipinski definition) is 4. The van der Waals surface area contributed by atoms with Crippen LogP contribution in [0.1, 0.15) is 10.4 Å². The van der Waals surface area contributed by atoms with E-state index < -0.39 is 17.7 Å². The molecule has 0 spiro atoms. The number of anilines is 3. The summed E-state index contributed by atoms with van der Waals surface area (Å²) in [5.41, 5.74) is 1.50. The van der Waals surface area contributed by atoms with Gasteiger partial charge in [0.15, 0.2) is 0 Å². The number of hydrogen-bond donors (Lipinski definition) is 2. The molecule has 3 aromatic carbocycles. The van der Waals surface area contributed by atoms with E-state index in [9.17, 15) is 14.4 Å². The fourth-order valence-corrected chi connectivity index (χ4v) is 3.87. The molecule has 0 saturated heterocycles. The Labute approximate surface area is 212 Å².